The lowest BCUT2D eigenvalue weighted by molar-refractivity contribution is 0.0707. The molecule has 7 nitrogen and oxygen atoms in total. The summed E-state index contributed by atoms with van der Waals surface area (Å²) in [6.45, 7) is 4.15. The van der Waals surface area contributed by atoms with E-state index in [1.807, 2.05) is 33.0 Å². The number of aryl methyl sites for hydroxylation is 1. The number of rotatable bonds is 4. The van der Waals surface area contributed by atoms with E-state index in [9.17, 15) is 4.79 Å². The molecule has 2 aromatic rings. The van der Waals surface area contributed by atoms with E-state index >= 15 is 0 Å². The van der Waals surface area contributed by atoms with Crippen molar-refractivity contribution in [3.8, 4) is 0 Å². The molecule has 1 amide bonds. The van der Waals surface area contributed by atoms with Gasteiger partial charge < -0.3 is 14.4 Å². The first-order chi connectivity index (χ1) is 11.5. The Balaban J connectivity index is 1.75. The Bertz CT molecular complexity index is 722. The normalized spacial score (nSPS) is 18.4. The molecule has 1 unspecified atom stereocenters. The van der Waals surface area contributed by atoms with Gasteiger partial charge in [-0.25, -0.2) is 4.98 Å². The van der Waals surface area contributed by atoms with Crippen LogP contribution in [0.5, 0.6) is 0 Å². The van der Waals surface area contributed by atoms with Gasteiger partial charge in [0.2, 0.25) is 0 Å². The van der Waals surface area contributed by atoms with E-state index in [1.165, 1.54) is 11.3 Å². The molecule has 1 atom stereocenters. The number of piperidine rings is 1. The Hall–Kier alpha value is -1.80. The van der Waals surface area contributed by atoms with Crippen LogP contribution in [0.1, 0.15) is 45.8 Å². The second-order valence-electron chi connectivity index (χ2n) is 6.63. The number of likely N-dealkylation sites (tertiary alicyclic amines) is 1. The van der Waals surface area contributed by atoms with Crippen LogP contribution in [0.15, 0.2) is 5.51 Å². The Morgan fingerprint density at radius 2 is 2.21 bits per heavy atom. The molecule has 130 valence electrons. The minimum Gasteiger partial charge on any atom is -0.337 e. The third-order valence-electron chi connectivity index (χ3n) is 4.47. The number of carbonyl (C=O) groups is 1. The first kappa shape index (κ1) is 17.0. The molecule has 0 aromatic carbocycles. The van der Waals surface area contributed by atoms with Crippen LogP contribution < -0.4 is 0 Å². The number of thiazole rings is 1. The lowest BCUT2D eigenvalue weighted by atomic mass is 9.97. The molecule has 1 fully saturated rings. The zero-order chi connectivity index (χ0) is 17.3. The third-order valence-corrected chi connectivity index (χ3v) is 5.39. The zero-order valence-electron chi connectivity index (χ0n) is 14.7. The summed E-state index contributed by atoms with van der Waals surface area (Å²) < 4.78 is 2.08. The summed E-state index contributed by atoms with van der Waals surface area (Å²) in [6, 6.07) is 0. The summed E-state index contributed by atoms with van der Waals surface area (Å²) in [5.74, 6) is 2.27. The van der Waals surface area contributed by atoms with Gasteiger partial charge in [0, 0.05) is 26.1 Å². The number of hydrogen-bond donors (Lipinski definition) is 0. The molecule has 0 saturated carbocycles. The van der Waals surface area contributed by atoms with E-state index in [1.54, 1.807) is 5.51 Å². The summed E-state index contributed by atoms with van der Waals surface area (Å²) in [5, 5.41) is 8.73. The van der Waals surface area contributed by atoms with Crippen LogP contribution in [0, 0.1) is 6.92 Å². The summed E-state index contributed by atoms with van der Waals surface area (Å²) >= 11 is 1.42. The molecule has 8 heteroatoms. The van der Waals surface area contributed by atoms with Crippen LogP contribution in [0.4, 0.5) is 0 Å². The molecular formula is C16H24N6OS. The maximum atomic E-state index is 12.7. The highest BCUT2D eigenvalue weighted by atomic mass is 32.1. The minimum absolute atomic E-state index is 0.0929. The summed E-state index contributed by atoms with van der Waals surface area (Å²) in [6.07, 6.45) is 2.03. The van der Waals surface area contributed by atoms with Gasteiger partial charge in [-0.15, -0.1) is 21.5 Å². The zero-order valence-corrected chi connectivity index (χ0v) is 15.5. The van der Waals surface area contributed by atoms with Crippen molar-refractivity contribution in [1.82, 2.24) is 29.5 Å². The minimum atomic E-state index is 0.0929. The van der Waals surface area contributed by atoms with E-state index < -0.39 is 0 Å². The predicted octanol–water partition coefficient (Wildman–Crippen LogP) is 1.66. The van der Waals surface area contributed by atoms with Crippen LogP contribution in [0.2, 0.25) is 0 Å². The molecule has 3 heterocycles. The molecule has 0 radical (unpaired) electrons. The largest absolute Gasteiger partial charge is 0.337 e. The van der Waals surface area contributed by atoms with Crippen LogP contribution in [-0.2, 0) is 13.6 Å². The number of nitrogens with zero attached hydrogens (tertiary/aromatic N) is 6. The second-order valence-corrected chi connectivity index (χ2v) is 7.48. The Morgan fingerprint density at radius 1 is 1.42 bits per heavy atom. The molecule has 3 rings (SSSR count). The van der Waals surface area contributed by atoms with Crippen molar-refractivity contribution in [2.24, 2.45) is 7.05 Å². The number of aromatic nitrogens is 4. The van der Waals surface area contributed by atoms with Gasteiger partial charge in [-0.3, -0.25) is 4.79 Å². The number of amides is 1. The molecular weight excluding hydrogens is 324 g/mol. The van der Waals surface area contributed by atoms with Crippen LogP contribution in [0.3, 0.4) is 0 Å². The van der Waals surface area contributed by atoms with Gasteiger partial charge in [0.1, 0.15) is 16.5 Å². The average Bonchev–Trinajstić information content (AvgIpc) is 3.13. The van der Waals surface area contributed by atoms with E-state index in [-0.39, 0.29) is 11.8 Å². The first-order valence-corrected chi connectivity index (χ1v) is 9.07. The maximum Gasteiger partial charge on any atom is 0.265 e. The number of carbonyl (C=O) groups excluding carboxylic acids is 1. The van der Waals surface area contributed by atoms with Gasteiger partial charge in [-0.05, 0) is 33.9 Å². The Kier molecular flexibility index (Phi) is 4.96. The molecule has 1 aliphatic heterocycles. The predicted molar refractivity (Wildman–Crippen MR) is 93.1 cm³/mol. The Labute approximate surface area is 146 Å². The molecule has 0 aliphatic carbocycles. The molecule has 1 aliphatic rings. The quantitative estimate of drug-likeness (QED) is 0.841. The number of hydrogen-bond acceptors (Lipinski definition) is 6. The van der Waals surface area contributed by atoms with Crippen molar-refractivity contribution in [3.05, 3.63) is 27.7 Å². The van der Waals surface area contributed by atoms with Crippen LogP contribution >= 0.6 is 11.3 Å². The topological polar surface area (TPSA) is 67.2 Å². The van der Waals surface area contributed by atoms with Crippen molar-refractivity contribution in [1.29, 1.82) is 0 Å². The van der Waals surface area contributed by atoms with Crippen LogP contribution in [0.25, 0.3) is 0 Å². The first-order valence-electron chi connectivity index (χ1n) is 8.19. The monoisotopic (exact) mass is 348 g/mol. The molecule has 0 bridgehead atoms. The molecule has 1 saturated heterocycles. The fraction of sp³-hybridized carbons (Fsp3) is 0.625. The highest BCUT2D eigenvalue weighted by molar-refractivity contribution is 7.11. The highest BCUT2D eigenvalue weighted by Crippen LogP contribution is 2.28. The SMILES string of the molecule is Cc1ncsc1C(=O)N1CCCC(c2nnc(CN(C)C)n2C)C1. The third kappa shape index (κ3) is 3.34. The van der Waals surface area contributed by atoms with E-state index in [0.29, 0.717) is 6.54 Å². The van der Waals surface area contributed by atoms with Crippen molar-refractivity contribution in [2.45, 2.75) is 32.2 Å². The summed E-state index contributed by atoms with van der Waals surface area (Å²) in [7, 11) is 6.06. The molecule has 0 spiro atoms. The Morgan fingerprint density at radius 3 is 2.88 bits per heavy atom. The van der Waals surface area contributed by atoms with Crippen molar-refractivity contribution < 1.29 is 4.79 Å². The fourth-order valence-electron chi connectivity index (χ4n) is 3.17. The lowest BCUT2D eigenvalue weighted by Gasteiger charge is -2.32. The van der Waals surface area contributed by atoms with Gasteiger partial charge in [-0.2, -0.15) is 0 Å². The fourth-order valence-corrected chi connectivity index (χ4v) is 3.94. The smallest absolute Gasteiger partial charge is 0.265 e. The van der Waals surface area contributed by atoms with Crippen molar-refractivity contribution >= 4 is 17.2 Å². The molecule has 0 N–H and O–H groups in total. The van der Waals surface area contributed by atoms with Gasteiger partial charge in [0.25, 0.3) is 5.91 Å². The maximum absolute atomic E-state index is 12.7. The lowest BCUT2D eigenvalue weighted by Crippen LogP contribution is -2.39. The summed E-state index contributed by atoms with van der Waals surface area (Å²) in [4.78, 5) is 21.7. The van der Waals surface area contributed by atoms with E-state index in [4.69, 9.17) is 0 Å². The van der Waals surface area contributed by atoms with Crippen molar-refractivity contribution in [3.63, 3.8) is 0 Å². The second kappa shape index (κ2) is 6.98. The summed E-state index contributed by atoms with van der Waals surface area (Å²) in [5.41, 5.74) is 2.55. The van der Waals surface area contributed by atoms with Crippen molar-refractivity contribution in [2.75, 3.05) is 27.2 Å². The van der Waals surface area contributed by atoms with Gasteiger partial charge in [0.15, 0.2) is 0 Å². The van der Waals surface area contributed by atoms with Gasteiger partial charge >= 0.3 is 0 Å². The highest BCUT2D eigenvalue weighted by Gasteiger charge is 2.30. The van der Waals surface area contributed by atoms with E-state index in [0.717, 1.165) is 48.2 Å². The van der Waals surface area contributed by atoms with Gasteiger partial charge in [0.05, 0.1) is 17.7 Å². The molecule has 2 aromatic heterocycles. The average molecular weight is 348 g/mol. The van der Waals surface area contributed by atoms with Crippen LogP contribution in [-0.4, -0.2) is 62.6 Å². The standard InChI is InChI=1S/C16H24N6OS/c1-11-14(24-10-17-11)16(23)22-7-5-6-12(8-22)15-19-18-13(21(15)4)9-20(2)3/h10,12H,5-9H2,1-4H3. The molecule has 24 heavy (non-hydrogen) atoms. The van der Waals surface area contributed by atoms with Gasteiger partial charge in [-0.1, -0.05) is 0 Å². The van der Waals surface area contributed by atoms with E-state index in [2.05, 4.69) is 24.6 Å².